The van der Waals surface area contributed by atoms with Crippen LogP contribution in [0.4, 0.5) is 0 Å². The van der Waals surface area contributed by atoms with Crippen LogP contribution in [0.2, 0.25) is 0 Å². The van der Waals surface area contributed by atoms with E-state index >= 15 is 0 Å². The normalized spacial score (nSPS) is 10.8. The summed E-state index contributed by atoms with van der Waals surface area (Å²) in [5.41, 5.74) is 2.63. The Bertz CT molecular complexity index is 725. The second-order valence-corrected chi connectivity index (χ2v) is 4.71. The molecule has 0 atom stereocenters. The molecule has 0 aliphatic rings. The lowest BCUT2D eigenvalue weighted by atomic mass is 10.3. The molecule has 3 aromatic rings. The van der Waals surface area contributed by atoms with E-state index in [9.17, 15) is 0 Å². The second-order valence-electron chi connectivity index (χ2n) is 3.88. The number of hydrogen-bond acceptors (Lipinski definition) is 5. The first-order chi connectivity index (χ1) is 9.31. The van der Waals surface area contributed by atoms with Crippen molar-refractivity contribution in [3.05, 3.63) is 36.9 Å². The molecule has 0 fully saturated rings. The predicted octanol–water partition coefficient (Wildman–Crippen LogP) is 2.52. The largest absolute Gasteiger partial charge is 0.497 e. The number of nitrogens with zero attached hydrogens (tertiary/aromatic N) is 4. The molecule has 3 rings (SSSR count). The zero-order chi connectivity index (χ0) is 13.2. The van der Waals surface area contributed by atoms with Gasteiger partial charge in [0.2, 0.25) is 0 Å². The molecule has 3 heterocycles. The summed E-state index contributed by atoms with van der Waals surface area (Å²) in [6.07, 6.45) is 7.30. The fraction of sp³-hybridized carbons (Fsp3) is 0.154. The van der Waals surface area contributed by atoms with Gasteiger partial charge in [0.1, 0.15) is 17.7 Å². The lowest BCUT2D eigenvalue weighted by molar-refractivity contribution is 0.414. The Hall–Kier alpha value is -2.08. The molecule has 0 saturated heterocycles. The fourth-order valence-corrected chi connectivity index (χ4v) is 2.25. The van der Waals surface area contributed by atoms with E-state index < -0.39 is 0 Å². The number of pyridine rings is 1. The molecular formula is C13H12N4OS. The summed E-state index contributed by atoms with van der Waals surface area (Å²) in [5, 5.41) is 0.938. The Morgan fingerprint density at radius 3 is 2.89 bits per heavy atom. The van der Waals surface area contributed by atoms with Crippen LogP contribution in [0.25, 0.3) is 17.0 Å². The minimum Gasteiger partial charge on any atom is -0.497 e. The maximum atomic E-state index is 5.19. The summed E-state index contributed by atoms with van der Waals surface area (Å²) >= 11 is 1.59. The van der Waals surface area contributed by atoms with E-state index in [0.29, 0.717) is 0 Å². The first kappa shape index (κ1) is 12.0. The van der Waals surface area contributed by atoms with Gasteiger partial charge in [-0.1, -0.05) is 0 Å². The number of rotatable bonds is 3. The number of ether oxygens (including phenoxy) is 1. The van der Waals surface area contributed by atoms with Crippen LogP contribution in [0.1, 0.15) is 0 Å². The third kappa shape index (κ3) is 2.15. The third-order valence-electron chi connectivity index (χ3n) is 2.83. The average Bonchev–Trinajstić information content (AvgIpc) is 2.90. The van der Waals surface area contributed by atoms with E-state index in [-0.39, 0.29) is 0 Å². The van der Waals surface area contributed by atoms with Crippen LogP contribution in [-0.4, -0.2) is 32.7 Å². The molecule has 19 heavy (non-hydrogen) atoms. The maximum Gasteiger partial charge on any atom is 0.140 e. The molecule has 0 aliphatic carbocycles. The lowest BCUT2D eigenvalue weighted by Gasteiger charge is -2.04. The number of fused-ring (bicyclic) bond motifs is 1. The fourth-order valence-electron chi connectivity index (χ4n) is 1.87. The number of methoxy groups -OCH3 is 1. The van der Waals surface area contributed by atoms with E-state index in [1.165, 1.54) is 0 Å². The van der Waals surface area contributed by atoms with Crippen molar-refractivity contribution in [2.45, 2.75) is 5.03 Å². The molecule has 0 bridgehead atoms. The van der Waals surface area contributed by atoms with Crippen LogP contribution in [-0.2, 0) is 0 Å². The van der Waals surface area contributed by atoms with Gasteiger partial charge in [-0.2, -0.15) is 0 Å². The zero-order valence-corrected chi connectivity index (χ0v) is 11.4. The van der Waals surface area contributed by atoms with E-state index in [1.807, 2.05) is 35.1 Å². The van der Waals surface area contributed by atoms with Crippen molar-refractivity contribution < 1.29 is 4.74 Å². The minimum absolute atomic E-state index is 0.789. The van der Waals surface area contributed by atoms with Crippen LogP contribution in [0.15, 0.2) is 41.9 Å². The Kier molecular flexibility index (Phi) is 3.08. The summed E-state index contributed by atoms with van der Waals surface area (Å²) in [5.74, 6) is 0.789. The highest BCUT2D eigenvalue weighted by atomic mass is 32.2. The first-order valence-electron chi connectivity index (χ1n) is 5.69. The van der Waals surface area contributed by atoms with Gasteiger partial charge in [-0.25, -0.2) is 15.0 Å². The van der Waals surface area contributed by atoms with E-state index in [1.54, 1.807) is 31.4 Å². The molecule has 5 nitrogen and oxygen atoms in total. The van der Waals surface area contributed by atoms with Gasteiger partial charge in [-0.15, -0.1) is 11.8 Å². The molecule has 0 N–H and O–H groups in total. The number of hydrogen-bond donors (Lipinski definition) is 0. The first-order valence-corrected chi connectivity index (χ1v) is 6.92. The van der Waals surface area contributed by atoms with Crippen LogP contribution in [0.3, 0.4) is 0 Å². The summed E-state index contributed by atoms with van der Waals surface area (Å²) < 4.78 is 7.17. The van der Waals surface area contributed by atoms with Crippen LogP contribution in [0.5, 0.6) is 5.75 Å². The van der Waals surface area contributed by atoms with Gasteiger partial charge in [0, 0.05) is 12.3 Å². The molecule has 0 saturated carbocycles. The molecule has 0 radical (unpaired) electrons. The van der Waals surface area contributed by atoms with Crippen molar-refractivity contribution in [2.24, 2.45) is 0 Å². The molecule has 0 amide bonds. The molecule has 6 heteroatoms. The van der Waals surface area contributed by atoms with Crippen LogP contribution >= 0.6 is 11.8 Å². The summed E-state index contributed by atoms with van der Waals surface area (Å²) in [4.78, 5) is 12.9. The van der Waals surface area contributed by atoms with Gasteiger partial charge < -0.3 is 4.74 Å². The molecular weight excluding hydrogens is 260 g/mol. The van der Waals surface area contributed by atoms with Crippen molar-refractivity contribution >= 4 is 17.4 Å². The van der Waals surface area contributed by atoms with E-state index in [0.717, 1.165) is 27.8 Å². The minimum atomic E-state index is 0.789. The molecule has 0 aromatic carbocycles. The molecule has 0 unspecified atom stereocenters. The van der Waals surface area contributed by atoms with Crippen LogP contribution < -0.4 is 4.74 Å². The average molecular weight is 272 g/mol. The van der Waals surface area contributed by atoms with Gasteiger partial charge in [0.25, 0.3) is 0 Å². The van der Waals surface area contributed by atoms with Crippen molar-refractivity contribution in [2.75, 3.05) is 13.4 Å². The second kappa shape index (κ2) is 4.89. The predicted molar refractivity (Wildman–Crippen MR) is 74.6 cm³/mol. The Labute approximate surface area is 114 Å². The highest BCUT2D eigenvalue weighted by molar-refractivity contribution is 7.98. The van der Waals surface area contributed by atoms with Crippen LogP contribution in [0, 0.1) is 0 Å². The zero-order valence-electron chi connectivity index (χ0n) is 10.6. The summed E-state index contributed by atoms with van der Waals surface area (Å²) in [6.45, 7) is 0. The maximum absolute atomic E-state index is 5.19. The summed E-state index contributed by atoms with van der Waals surface area (Å²) in [6, 6.07) is 5.74. The van der Waals surface area contributed by atoms with Gasteiger partial charge in [0.05, 0.1) is 29.7 Å². The third-order valence-corrected chi connectivity index (χ3v) is 3.48. The highest BCUT2D eigenvalue weighted by Crippen LogP contribution is 2.23. The Balaban J connectivity index is 2.14. The van der Waals surface area contributed by atoms with Gasteiger partial charge >= 0.3 is 0 Å². The van der Waals surface area contributed by atoms with Gasteiger partial charge in [-0.3, -0.25) is 4.40 Å². The van der Waals surface area contributed by atoms with Crippen molar-refractivity contribution in [3.63, 3.8) is 0 Å². The monoisotopic (exact) mass is 272 g/mol. The SMILES string of the molecule is COc1ccn2c(-c3cc(SC)ncn3)cnc2c1. The Morgan fingerprint density at radius 2 is 2.11 bits per heavy atom. The van der Waals surface area contributed by atoms with Gasteiger partial charge in [-0.05, 0) is 18.4 Å². The number of aromatic nitrogens is 4. The van der Waals surface area contributed by atoms with Gasteiger partial charge in [0.15, 0.2) is 0 Å². The highest BCUT2D eigenvalue weighted by Gasteiger charge is 2.08. The van der Waals surface area contributed by atoms with E-state index in [2.05, 4.69) is 15.0 Å². The van der Waals surface area contributed by atoms with Crippen molar-refractivity contribution in [1.82, 2.24) is 19.4 Å². The smallest absolute Gasteiger partial charge is 0.140 e. The summed E-state index contributed by atoms with van der Waals surface area (Å²) in [7, 11) is 1.64. The lowest BCUT2D eigenvalue weighted by Crippen LogP contribution is -1.93. The topological polar surface area (TPSA) is 52.3 Å². The molecule has 0 aliphatic heterocycles. The standard InChI is InChI=1S/C13H12N4OS/c1-18-9-3-4-17-11(7-14-12(17)5-9)10-6-13(19-2)16-8-15-10/h3-8H,1-2H3. The molecule has 0 spiro atoms. The number of thioether (sulfide) groups is 1. The van der Waals surface area contributed by atoms with E-state index in [4.69, 9.17) is 4.74 Å². The number of imidazole rings is 1. The van der Waals surface area contributed by atoms with Crippen molar-refractivity contribution in [3.8, 4) is 17.1 Å². The Morgan fingerprint density at radius 1 is 1.21 bits per heavy atom. The molecule has 96 valence electrons. The quantitative estimate of drug-likeness (QED) is 0.541. The molecule has 3 aromatic heterocycles. The van der Waals surface area contributed by atoms with Crippen molar-refractivity contribution in [1.29, 1.82) is 0 Å².